The zero-order valence-electron chi connectivity index (χ0n) is 19.9. The van der Waals surface area contributed by atoms with Crippen LogP contribution in [0.5, 0.6) is 5.75 Å². The molecule has 1 aliphatic carbocycles. The van der Waals surface area contributed by atoms with Gasteiger partial charge in [-0.3, -0.25) is 4.79 Å². The maximum atomic E-state index is 11.7. The van der Waals surface area contributed by atoms with Gasteiger partial charge in [-0.05, 0) is 55.4 Å². The molecule has 0 spiro atoms. The van der Waals surface area contributed by atoms with Crippen molar-refractivity contribution in [3.63, 3.8) is 0 Å². The van der Waals surface area contributed by atoms with Gasteiger partial charge in [-0.25, -0.2) is 0 Å². The Morgan fingerprint density at radius 2 is 2.06 bits per heavy atom. The van der Waals surface area contributed by atoms with E-state index >= 15 is 0 Å². The van der Waals surface area contributed by atoms with Crippen molar-refractivity contribution in [1.82, 2.24) is 4.90 Å². The Morgan fingerprint density at radius 1 is 1.30 bits per heavy atom. The number of carboxylic acids is 1. The molecule has 3 aliphatic rings. The maximum absolute atomic E-state index is 11.7. The lowest BCUT2D eigenvalue weighted by Gasteiger charge is -2.32. The fourth-order valence-corrected chi connectivity index (χ4v) is 4.93. The summed E-state index contributed by atoms with van der Waals surface area (Å²) in [7, 11) is 1.69. The molecule has 33 heavy (non-hydrogen) atoms. The number of allylic oxidation sites excluding steroid dienone is 5. The second-order valence-corrected chi connectivity index (χ2v) is 9.29. The minimum Gasteiger partial charge on any atom is -0.497 e. The smallest absolute Gasteiger partial charge is 0.310 e. The van der Waals surface area contributed by atoms with Crippen LogP contribution >= 0.6 is 0 Å². The first kappa shape index (κ1) is 23.4. The quantitative estimate of drug-likeness (QED) is 0.513. The first-order valence-corrected chi connectivity index (χ1v) is 12.0. The molecule has 1 N–H and O–H groups in total. The number of nitrogens with zero attached hydrogens (tertiary/aromatic N) is 1. The Hall–Kier alpha value is -2.79. The molecule has 2 aliphatic heterocycles. The second-order valence-electron chi connectivity index (χ2n) is 9.29. The van der Waals surface area contributed by atoms with Crippen LogP contribution in [0.3, 0.4) is 0 Å². The van der Waals surface area contributed by atoms with Crippen LogP contribution in [0.1, 0.15) is 56.6 Å². The van der Waals surface area contributed by atoms with Crippen molar-refractivity contribution in [2.45, 2.75) is 52.1 Å². The Balaban J connectivity index is 1.72. The van der Waals surface area contributed by atoms with E-state index in [-0.39, 0.29) is 0 Å². The number of rotatable bonds is 8. The third-order valence-electron chi connectivity index (χ3n) is 7.05. The standard InChI is InChI=1S/C28H35NO4/c1-4-6-8-24-25(7-5-2)33-18-21-17-22(32-3)9-10-23(21)26(24)20-11-15-29(16-12-20)19-28(13-14-28)27(30)31/h5-6,8-10,17H,2,4,7,11-16,18-19H2,1,3H3,(H,30,31)/b8-6-. The van der Waals surface area contributed by atoms with E-state index in [1.54, 1.807) is 7.11 Å². The van der Waals surface area contributed by atoms with Gasteiger partial charge in [0.05, 0.1) is 12.5 Å². The van der Waals surface area contributed by atoms with Gasteiger partial charge in [0.1, 0.15) is 18.1 Å². The fraction of sp³-hybridized carbons (Fsp3) is 0.464. The van der Waals surface area contributed by atoms with Crippen molar-refractivity contribution < 1.29 is 19.4 Å². The molecule has 1 aromatic carbocycles. The molecular formula is C28H35NO4. The van der Waals surface area contributed by atoms with Crippen molar-refractivity contribution in [1.29, 1.82) is 0 Å². The molecule has 2 heterocycles. The maximum Gasteiger partial charge on any atom is 0.310 e. The highest BCUT2D eigenvalue weighted by Gasteiger charge is 2.51. The summed E-state index contributed by atoms with van der Waals surface area (Å²) in [5.41, 5.74) is 5.66. The van der Waals surface area contributed by atoms with Crippen LogP contribution in [0.2, 0.25) is 0 Å². The Labute approximate surface area is 197 Å². The lowest BCUT2D eigenvalue weighted by Crippen LogP contribution is -2.38. The number of piperidine rings is 1. The number of carbonyl (C=O) groups is 1. The number of ether oxygens (including phenoxy) is 2. The van der Waals surface area contributed by atoms with Gasteiger partial charge < -0.3 is 19.5 Å². The summed E-state index contributed by atoms with van der Waals surface area (Å²) in [5.74, 6) is 1.15. The number of benzene rings is 1. The summed E-state index contributed by atoms with van der Waals surface area (Å²) >= 11 is 0. The largest absolute Gasteiger partial charge is 0.497 e. The molecule has 0 amide bonds. The van der Waals surface area contributed by atoms with Gasteiger partial charge in [0, 0.05) is 37.2 Å². The van der Waals surface area contributed by atoms with Gasteiger partial charge in [0.25, 0.3) is 0 Å². The molecule has 5 heteroatoms. The van der Waals surface area contributed by atoms with E-state index in [2.05, 4.69) is 42.7 Å². The normalized spacial score (nSPS) is 20.3. The highest BCUT2D eigenvalue weighted by molar-refractivity contribution is 5.87. The van der Waals surface area contributed by atoms with Gasteiger partial charge in [0.15, 0.2) is 0 Å². The van der Waals surface area contributed by atoms with Crippen LogP contribution in [0.4, 0.5) is 0 Å². The molecule has 0 bridgehead atoms. The molecule has 1 saturated heterocycles. The summed E-state index contributed by atoms with van der Waals surface area (Å²) in [5, 5.41) is 9.59. The van der Waals surface area contributed by atoms with Gasteiger partial charge in [0.2, 0.25) is 0 Å². The summed E-state index contributed by atoms with van der Waals surface area (Å²) < 4.78 is 11.8. The van der Waals surface area contributed by atoms with Crippen LogP contribution < -0.4 is 4.74 Å². The van der Waals surface area contributed by atoms with Crippen molar-refractivity contribution in [3.8, 4) is 5.75 Å². The number of hydrogen-bond donors (Lipinski definition) is 1. The topological polar surface area (TPSA) is 59.0 Å². The summed E-state index contributed by atoms with van der Waals surface area (Å²) in [6.07, 6.45) is 11.4. The lowest BCUT2D eigenvalue weighted by atomic mass is 9.85. The van der Waals surface area contributed by atoms with Crippen molar-refractivity contribution in [3.05, 3.63) is 71.0 Å². The van der Waals surface area contributed by atoms with Crippen LogP contribution in [-0.4, -0.2) is 42.7 Å². The molecule has 1 saturated carbocycles. The third kappa shape index (κ3) is 4.93. The van der Waals surface area contributed by atoms with Crippen LogP contribution in [0, 0.1) is 5.41 Å². The number of fused-ring (bicyclic) bond motifs is 1. The van der Waals surface area contributed by atoms with E-state index in [0.717, 1.165) is 67.8 Å². The summed E-state index contributed by atoms with van der Waals surface area (Å²) in [6, 6.07) is 6.26. The summed E-state index contributed by atoms with van der Waals surface area (Å²) in [6.45, 7) is 9.04. The molecule has 1 aromatic rings. The lowest BCUT2D eigenvalue weighted by molar-refractivity contribution is -0.144. The predicted molar refractivity (Wildman–Crippen MR) is 131 cm³/mol. The Kier molecular flexibility index (Phi) is 7.08. The van der Waals surface area contributed by atoms with E-state index in [4.69, 9.17) is 9.47 Å². The van der Waals surface area contributed by atoms with Crippen molar-refractivity contribution in [2.75, 3.05) is 26.7 Å². The Morgan fingerprint density at radius 3 is 2.67 bits per heavy atom. The zero-order valence-corrected chi connectivity index (χ0v) is 19.9. The average molecular weight is 450 g/mol. The molecule has 2 fully saturated rings. The van der Waals surface area contributed by atoms with Crippen LogP contribution in [0.15, 0.2) is 59.9 Å². The van der Waals surface area contributed by atoms with Crippen molar-refractivity contribution in [2.24, 2.45) is 5.41 Å². The molecule has 0 radical (unpaired) electrons. The number of aliphatic carboxylic acids is 1. The first-order valence-electron chi connectivity index (χ1n) is 12.0. The molecular weight excluding hydrogens is 414 g/mol. The highest BCUT2D eigenvalue weighted by Crippen LogP contribution is 2.47. The molecule has 5 nitrogen and oxygen atoms in total. The van der Waals surface area contributed by atoms with Gasteiger partial charge >= 0.3 is 5.97 Å². The highest BCUT2D eigenvalue weighted by atomic mass is 16.5. The number of hydrogen-bond acceptors (Lipinski definition) is 4. The van der Waals surface area contributed by atoms with E-state index < -0.39 is 11.4 Å². The van der Waals surface area contributed by atoms with E-state index in [0.29, 0.717) is 19.6 Å². The minimum atomic E-state index is -0.639. The van der Waals surface area contributed by atoms with E-state index in [1.165, 1.54) is 16.7 Å². The second kappa shape index (κ2) is 10.0. The van der Waals surface area contributed by atoms with Crippen molar-refractivity contribution >= 4 is 11.5 Å². The van der Waals surface area contributed by atoms with Gasteiger partial charge in [-0.2, -0.15) is 0 Å². The third-order valence-corrected chi connectivity index (χ3v) is 7.05. The van der Waals surface area contributed by atoms with Crippen LogP contribution in [-0.2, 0) is 16.1 Å². The molecule has 4 rings (SSSR count). The molecule has 0 aromatic heterocycles. The van der Waals surface area contributed by atoms with E-state index in [1.807, 2.05) is 12.1 Å². The van der Waals surface area contributed by atoms with Gasteiger partial charge in [-0.1, -0.05) is 36.8 Å². The number of likely N-dealkylation sites (tertiary alicyclic amines) is 1. The average Bonchev–Trinajstić information content (AvgIpc) is 3.62. The summed E-state index contributed by atoms with van der Waals surface area (Å²) in [4.78, 5) is 14.0. The monoisotopic (exact) mass is 449 g/mol. The molecule has 0 atom stereocenters. The zero-order chi connectivity index (χ0) is 23.4. The van der Waals surface area contributed by atoms with Gasteiger partial charge in [-0.15, -0.1) is 6.58 Å². The first-order chi connectivity index (χ1) is 16.0. The molecule has 176 valence electrons. The fourth-order valence-electron chi connectivity index (χ4n) is 4.93. The number of carboxylic acid groups (broad SMARTS) is 1. The number of methoxy groups -OCH3 is 1. The Bertz CT molecular complexity index is 1000. The SMILES string of the molecule is C=CCC1=C(/C=C\CC)C(=C2CCN(CC3(C(=O)O)CC3)CC2)c2ccc(OC)cc2CO1. The predicted octanol–water partition coefficient (Wildman–Crippen LogP) is 5.74. The molecule has 0 unspecified atom stereocenters. The van der Waals surface area contributed by atoms with E-state index in [9.17, 15) is 9.90 Å². The minimum absolute atomic E-state index is 0.503. The van der Waals surface area contributed by atoms with Crippen LogP contribution in [0.25, 0.3) is 5.57 Å².